The molecule has 2 saturated heterocycles. The zero-order chi connectivity index (χ0) is 24.0. The number of hydrogen-bond donors (Lipinski definition) is 1. The van der Waals surface area contributed by atoms with Crippen molar-refractivity contribution in [3.63, 3.8) is 0 Å². The number of aryl methyl sites for hydroxylation is 1. The summed E-state index contributed by atoms with van der Waals surface area (Å²) in [6, 6.07) is 6.00. The number of likely N-dealkylation sites (tertiary alicyclic amines) is 1. The van der Waals surface area contributed by atoms with Gasteiger partial charge in [-0.3, -0.25) is 14.5 Å². The summed E-state index contributed by atoms with van der Waals surface area (Å²) >= 11 is 0. The first-order valence-electron chi connectivity index (χ1n) is 12.2. The van der Waals surface area contributed by atoms with Gasteiger partial charge in [-0.15, -0.1) is 0 Å². The lowest BCUT2D eigenvalue weighted by Crippen LogP contribution is -2.53. The number of piperazine rings is 1. The number of rotatable bonds is 6. The van der Waals surface area contributed by atoms with E-state index in [0.29, 0.717) is 58.9 Å². The molecular formula is C25H39N5O3. The van der Waals surface area contributed by atoms with E-state index in [1.807, 2.05) is 60.6 Å². The second-order valence-corrected chi connectivity index (χ2v) is 9.11. The molecule has 0 saturated carbocycles. The lowest BCUT2D eigenvalue weighted by molar-refractivity contribution is -0.138. The lowest BCUT2D eigenvalue weighted by atomic mass is 9.95. The summed E-state index contributed by atoms with van der Waals surface area (Å²) in [5, 5.41) is 3.02. The van der Waals surface area contributed by atoms with Crippen molar-refractivity contribution in [3.05, 3.63) is 29.3 Å². The largest absolute Gasteiger partial charge is 0.340 e. The number of nitrogens with zero attached hydrogens (tertiary/aromatic N) is 4. The minimum absolute atomic E-state index is 0.00935. The first-order chi connectivity index (χ1) is 15.8. The second kappa shape index (κ2) is 11.5. The Bertz CT molecular complexity index is 838. The molecule has 0 spiro atoms. The first kappa shape index (κ1) is 25.0. The number of piperidine rings is 1. The molecule has 2 aliphatic heterocycles. The topological polar surface area (TPSA) is 76.2 Å². The normalized spacial score (nSPS) is 17.7. The number of hydrogen-bond acceptors (Lipinski definition) is 4. The van der Waals surface area contributed by atoms with E-state index in [-0.39, 0.29) is 23.8 Å². The second-order valence-electron chi connectivity index (χ2n) is 9.11. The predicted molar refractivity (Wildman–Crippen MR) is 130 cm³/mol. The molecule has 0 atom stereocenters. The minimum Gasteiger partial charge on any atom is -0.340 e. The molecule has 2 heterocycles. The van der Waals surface area contributed by atoms with Crippen LogP contribution in [0.5, 0.6) is 0 Å². The molecule has 1 aromatic carbocycles. The van der Waals surface area contributed by atoms with Gasteiger partial charge in [0.1, 0.15) is 0 Å². The summed E-state index contributed by atoms with van der Waals surface area (Å²) in [5.74, 6) is 0.169. The van der Waals surface area contributed by atoms with Gasteiger partial charge in [-0.25, -0.2) is 4.79 Å². The molecule has 0 unspecified atom stereocenters. The summed E-state index contributed by atoms with van der Waals surface area (Å²) in [5.41, 5.74) is 3.11. The van der Waals surface area contributed by atoms with Gasteiger partial charge in [-0.2, -0.15) is 0 Å². The van der Waals surface area contributed by atoms with Crippen molar-refractivity contribution < 1.29 is 14.4 Å². The smallest absolute Gasteiger partial charge is 0.319 e. The highest BCUT2D eigenvalue weighted by molar-refractivity contribution is 5.93. The molecule has 8 nitrogen and oxygen atoms in total. The fraction of sp³-hybridized carbons (Fsp3) is 0.640. The Morgan fingerprint density at radius 3 is 2.18 bits per heavy atom. The van der Waals surface area contributed by atoms with Crippen LogP contribution < -0.4 is 5.32 Å². The third-order valence-electron chi connectivity index (χ3n) is 7.08. The number of nitrogens with one attached hydrogen (secondary N) is 1. The third kappa shape index (κ3) is 6.25. The number of anilines is 1. The Morgan fingerprint density at radius 1 is 0.939 bits per heavy atom. The number of carbonyl (C=O) groups is 3. The van der Waals surface area contributed by atoms with Gasteiger partial charge in [0.05, 0.1) is 6.54 Å². The average molecular weight is 458 g/mol. The molecule has 8 heteroatoms. The van der Waals surface area contributed by atoms with Gasteiger partial charge in [-0.05, 0) is 57.7 Å². The maximum Gasteiger partial charge on any atom is 0.319 e. The molecule has 182 valence electrons. The number of urea groups is 1. The number of amides is 4. The maximum absolute atomic E-state index is 13.0. The van der Waals surface area contributed by atoms with Crippen molar-refractivity contribution in [2.24, 2.45) is 5.92 Å². The van der Waals surface area contributed by atoms with E-state index in [1.54, 1.807) is 0 Å². The van der Waals surface area contributed by atoms with E-state index >= 15 is 0 Å². The highest BCUT2D eigenvalue weighted by Gasteiger charge is 2.32. The fourth-order valence-corrected chi connectivity index (χ4v) is 4.68. The van der Waals surface area contributed by atoms with Gasteiger partial charge in [-0.1, -0.05) is 12.1 Å². The van der Waals surface area contributed by atoms with Gasteiger partial charge >= 0.3 is 6.03 Å². The maximum atomic E-state index is 13.0. The summed E-state index contributed by atoms with van der Waals surface area (Å²) in [6.45, 7) is 13.8. The van der Waals surface area contributed by atoms with E-state index in [1.165, 1.54) is 0 Å². The van der Waals surface area contributed by atoms with Crippen molar-refractivity contribution >= 4 is 23.5 Å². The van der Waals surface area contributed by atoms with Gasteiger partial charge in [0.2, 0.25) is 11.8 Å². The Hall–Kier alpha value is -2.61. The summed E-state index contributed by atoms with van der Waals surface area (Å²) < 4.78 is 0. The van der Waals surface area contributed by atoms with Crippen LogP contribution in [0, 0.1) is 19.8 Å². The molecule has 2 fully saturated rings. The van der Waals surface area contributed by atoms with Gasteiger partial charge < -0.3 is 20.0 Å². The van der Waals surface area contributed by atoms with Crippen LogP contribution in [0.3, 0.4) is 0 Å². The van der Waals surface area contributed by atoms with Crippen molar-refractivity contribution in [3.8, 4) is 0 Å². The average Bonchev–Trinajstić information content (AvgIpc) is 2.83. The number of benzene rings is 1. The van der Waals surface area contributed by atoms with Crippen LogP contribution >= 0.6 is 0 Å². The molecule has 2 aliphatic rings. The zero-order valence-corrected chi connectivity index (χ0v) is 20.6. The molecular weight excluding hydrogens is 418 g/mol. The van der Waals surface area contributed by atoms with Crippen LogP contribution in [0.2, 0.25) is 0 Å². The summed E-state index contributed by atoms with van der Waals surface area (Å²) in [4.78, 5) is 45.8. The van der Waals surface area contributed by atoms with Crippen LogP contribution in [0.1, 0.15) is 37.8 Å². The van der Waals surface area contributed by atoms with E-state index < -0.39 is 0 Å². The summed E-state index contributed by atoms with van der Waals surface area (Å²) in [6.07, 6.45) is 1.45. The van der Waals surface area contributed by atoms with Gasteiger partial charge in [0, 0.05) is 64.0 Å². The summed E-state index contributed by atoms with van der Waals surface area (Å²) in [7, 11) is 0. The Labute approximate surface area is 197 Å². The van der Waals surface area contributed by atoms with E-state index in [9.17, 15) is 14.4 Å². The number of carbonyl (C=O) groups excluding carboxylic acids is 3. The Kier molecular flexibility index (Phi) is 8.72. The van der Waals surface area contributed by atoms with Crippen molar-refractivity contribution in [1.82, 2.24) is 19.6 Å². The van der Waals surface area contributed by atoms with E-state index in [4.69, 9.17) is 0 Å². The van der Waals surface area contributed by atoms with Crippen LogP contribution in [-0.2, 0) is 9.59 Å². The van der Waals surface area contributed by atoms with E-state index in [0.717, 1.165) is 29.7 Å². The zero-order valence-electron chi connectivity index (χ0n) is 20.6. The van der Waals surface area contributed by atoms with Crippen molar-refractivity contribution in [2.45, 2.75) is 40.5 Å². The first-order valence-corrected chi connectivity index (χ1v) is 12.2. The van der Waals surface area contributed by atoms with Gasteiger partial charge in [0.15, 0.2) is 0 Å². The molecule has 1 aromatic rings. The van der Waals surface area contributed by atoms with Crippen molar-refractivity contribution in [1.29, 1.82) is 0 Å². The minimum atomic E-state index is -0.0197. The van der Waals surface area contributed by atoms with Gasteiger partial charge in [0.25, 0.3) is 0 Å². The molecule has 1 N–H and O–H groups in total. The predicted octanol–water partition coefficient (Wildman–Crippen LogP) is 2.56. The van der Waals surface area contributed by atoms with Crippen LogP contribution in [-0.4, -0.2) is 96.3 Å². The molecule has 0 bridgehead atoms. The van der Waals surface area contributed by atoms with E-state index in [2.05, 4.69) is 10.2 Å². The monoisotopic (exact) mass is 457 g/mol. The van der Waals surface area contributed by atoms with Crippen molar-refractivity contribution in [2.75, 3.05) is 64.2 Å². The van der Waals surface area contributed by atoms with Crippen LogP contribution in [0.25, 0.3) is 0 Å². The molecule has 4 amide bonds. The molecule has 0 aromatic heterocycles. The third-order valence-corrected chi connectivity index (χ3v) is 7.08. The molecule has 0 radical (unpaired) electrons. The van der Waals surface area contributed by atoms with Crippen LogP contribution in [0.4, 0.5) is 10.5 Å². The SMILES string of the molecule is CCN(CC)C(=O)N1CCC(C(=O)N2CCN(CC(=O)Nc3cccc(C)c3C)CC2)CC1. The Morgan fingerprint density at radius 2 is 1.58 bits per heavy atom. The standard InChI is InChI=1S/C25H39N5O3/c1-5-28(6-2)25(33)30-12-10-21(11-13-30)24(32)29-16-14-27(15-17-29)18-23(31)26-22-9-7-8-19(3)20(22)4/h7-9,21H,5-6,10-18H2,1-4H3,(H,26,31). The highest BCUT2D eigenvalue weighted by atomic mass is 16.2. The highest BCUT2D eigenvalue weighted by Crippen LogP contribution is 2.22. The molecule has 0 aliphatic carbocycles. The molecule has 33 heavy (non-hydrogen) atoms. The quantitative estimate of drug-likeness (QED) is 0.712. The fourth-order valence-electron chi connectivity index (χ4n) is 4.68. The van der Waals surface area contributed by atoms with Crippen LogP contribution in [0.15, 0.2) is 18.2 Å². The molecule has 3 rings (SSSR count). The Balaban J connectivity index is 1.41. The lowest BCUT2D eigenvalue weighted by Gasteiger charge is -2.39.